The van der Waals surface area contributed by atoms with Crippen LogP contribution < -0.4 is 5.32 Å². The Bertz CT molecular complexity index is 300. The standard InChI is InChI=1S/C17H32N2O/c1-15(2)13-17(9-5-6-10-17)14-18-16(20)19-11-7-3-4-8-12-19/h15H,3-14H2,1-2H3,(H,18,20). The minimum atomic E-state index is 0.182. The van der Waals surface area contributed by atoms with E-state index >= 15 is 0 Å². The van der Waals surface area contributed by atoms with E-state index in [1.54, 1.807) is 0 Å². The molecule has 0 radical (unpaired) electrons. The number of likely N-dealkylation sites (tertiary alicyclic amines) is 1. The molecule has 2 amide bonds. The molecule has 1 saturated heterocycles. The number of amides is 2. The fraction of sp³-hybridized carbons (Fsp3) is 0.941. The van der Waals surface area contributed by atoms with E-state index in [9.17, 15) is 4.79 Å². The molecule has 20 heavy (non-hydrogen) atoms. The summed E-state index contributed by atoms with van der Waals surface area (Å²) in [5, 5.41) is 3.26. The topological polar surface area (TPSA) is 32.3 Å². The molecule has 116 valence electrons. The van der Waals surface area contributed by atoms with Crippen LogP contribution in [0.3, 0.4) is 0 Å². The van der Waals surface area contributed by atoms with E-state index in [0.29, 0.717) is 5.41 Å². The highest BCUT2D eigenvalue weighted by Gasteiger charge is 2.35. The van der Waals surface area contributed by atoms with E-state index in [1.807, 2.05) is 4.90 Å². The molecule has 1 aliphatic carbocycles. The fourth-order valence-electron chi connectivity index (χ4n) is 4.09. The normalized spacial score (nSPS) is 22.9. The summed E-state index contributed by atoms with van der Waals surface area (Å²) in [6.45, 7) is 7.39. The van der Waals surface area contributed by atoms with E-state index in [-0.39, 0.29) is 6.03 Å². The second-order valence-electron chi connectivity index (χ2n) is 7.37. The van der Waals surface area contributed by atoms with Gasteiger partial charge in [0.25, 0.3) is 0 Å². The lowest BCUT2D eigenvalue weighted by Crippen LogP contribution is -2.45. The lowest BCUT2D eigenvalue weighted by atomic mass is 9.78. The van der Waals surface area contributed by atoms with Crippen molar-refractivity contribution in [2.75, 3.05) is 19.6 Å². The number of nitrogens with zero attached hydrogens (tertiary/aromatic N) is 1. The average Bonchev–Trinajstić information content (AvgIpc) is 2.69. The number of carbonyl (C=O) groups excluding carboxylic acids is 1. The highest BCUT2D eigenvalue weighted by molar-refractivity contribution is 5.74. The number of urea groups is 1. The summed E-state index contributed by atoms with van der Waals surface area (Å²) < 4.78 is 0. The predicted molar refractivity (Wildman–Crippen MR) is 83.8 cm³/mol. The monoisotopic (exact) mass is 280 g/mol. The third kappa shape index (κ3) is 4.39. The van der Waals surface area contributed by atoms with Crippen molar-refractivity contribution in [3.8, 4) is 0 Å². The molecule has 0 atom stereocenters. The number of hydrogen-bond acceptors (Lipinski definition) is 1. The first-order valence-corrected chi connectivity index (χ1v) is 8.64. The van der Waals surface area contributed by atoms with Crippen LogP contribution >= 0.6 is 0 Å². The van der Waals surface area contributed by atoms with E-state index in [2.05, 4.69) is 19.2 Å². The third-order valence-corrected chi connectivity index (χ3v) is 5.01. The smallest absolute Gasteiger partial charge is 0.317 e. The van der Waals surface area contributed by atoms with Gasteiger partial charge < -0.3 is 10.2 Å². The van der Waals surface area contributed by atoms with Gasteiger partial charge in [-0.15, -0.1) is 0 Å². The Labute approximate surface area is 124 Å². The van der Waals surface area contributed by atoms with E-state index < -0.39 is 0 Å². The van der Waals surface area contributed by atoms with Crippen molar-refractivity contribution in [3.63, 3.8) is 0 Å². The number of carbonyl (C=O) groups is 1. The maximum Gasteiger partial charge on any atom is 0.317 e. The first-order chi connectivity index (χ1) is 9.61. The molecule has 0 bridgehead atoms. The maximum atomic E-state index is 12.4. The molecule has 0 aromatic carbocycles. The molecule has 1 N–H and O–H groups in total. The first kappa shape index (κ1) is 15.7. The number of rotatable bonds is 4. The number of hydrogen-bond donors (Lipinski definition) is 1. The Balaban J connectivity index is 1.83. The van der Waals surface area contributed by atoms with Crippen LogP contribution in [0.1, 0.15) is 71.6 Å². The van der Waals surface area contributed by atoms with Crippen LogP contribution in [0.15, 0.2) is 0 Å². The zero-order chi connectivity index (χ0) is 14.4. The molecule has 1 saturated carbocycles. The van der Waals surface area contributed by atoms with E-state index in [0.717, 1.165) is 25.6 Å². The zero-order valence-corrected chi connectivity index (χ0v) is 13.4. The van der Waals surface area contributed by atoms with Crippen molar-refractivity contribution >= 4 is 6.03 Å². The van der Waals surface area contributed by atoms with Crippen LogP contribution in [0.4, 0.5) is 4.79 Å². The van der Waals surface area contributed by atoms with Gasteiger partial charge in [-0.25, -0.2) is 4.79 Å². The molecule has 2 fully saturated rings. The van der Waals surface area contributed by atoms with Gasteiger partial charge in [-0.1, -0.05) is 39.5 Å². The molecule has 0 unspecified atom stereocenters. The van der Waals surface area contributed by atoms with E-state index in [1.165, 1.54) is 57.8 Å². The summed E-state index contributed by atoms with van der Waals surface area (Å²) in [7, 11) is 0. The van der Waals surface area contributed by atoms with Crippen LogP contribution in [0.5, 0.6) is 0 Å². The van der Waals surface area contributed by atoms with Gasteiger partial charge in [-0.2, -0.15) is 0 Å². The Kier molecular flexibility index (Phi) is 5.74. The van der Waals surface area contributed by atoms with Gasteiger partial charge in [0.1, 0.15) is 0 Å². The SMILES string of the molecule is CC(C)CC1(CNC(=O)N2CCCCCC2)CCCC1. The summed E-state index contributed by atoms with van der Waals surface area (Å²) in [4.78, 5) is 14.4. The highest BCUT2D eigenvalue weighted by Crippen LogP contribution is 2.42. The first-order valence-electron chi connectivity index (χ1n) is 8.64. The predicted octanol–water partition coefficient (Wildman–Crippen LogP) is 4.18. The summed E-state index contributed by atoms with van der Waals surface area (Å²) in [6.07, 6.45) is 11.4. The van der Waals surface area contributed by atoms with Gasteiger partial charge in [0, 0.05) is 19.6 Å². The van der Waals surface area contributed by atoms with Crippen molar-refractivity contribution < 1.29 is 4.79 Å². The molecule has 0 spiro atoms. The summed E-state index contributed by atoms with van der Waals surface area (Å²) in [5.74, 6) is 0.725. The molecular weight excluding hydrogens is 248 g/mol. The molecule has 3 heteroatoms. The Morgan fingerprint density at radius 2 is 1.65 bits per heavy atom. The Morgan fingerprint density at radius 3 is 2.20 bits per heavy atom. The minimum Gasteiger partial charge on any atom is -0.337 e. The third-order valence-electron chi connectivity index (χ3n) is 5.01. The zero-order valence-electron chi connectivity index (χ0n) is 13.4. The van der Waals surface area contributed by atoms with Crippen molar-refractivity contribution in [1.29, 1.82) is 0 Å². The lowest BCUT2D eigenvalue weighted by molar-refractivity contribution is 0.181. The van der Waals surface area contributed by atoms with E-state index in [4.69, 9.17) is 0 Å². The summed E-state index contributed by atoms with van der Waals surface area (Å²) in [5.41, 5.74) is 0.385. The van der Waals surface area contributed by atoms with Crippen LogP contribution in [-0.4, -0.2) is 30.6 Å². The Morgan fingerprint density at radius 1 is 1.05 bits per heavy atom. The summed E-state index contributed by atoms with van der Waals surface area (Å²) in [6, 6.07) is 0.182. The molecule has 0 aromatic heterocycles. The minimum absolute atomic E-state index is 0.182. The van der Waals surface area contributed by atoms with Crippen LogP contribution in [0.25, 0.3) is 0 Å². The lowest BCUT2D eigenvalue weighted by Gasteiger charge is -2.32. The summed E-state index contributed by atoms with van der Waals surface area (Å²) >= 11 is 0. The molecule has 1 aliphatic heterocycles. The van der Waals surface area contributed by atoms with Crippen molar-refractivity contribution in [3.05, 3.63) is 0 Å². The second kappa shape index (κ2) is 7.33. The molecule has 1 heterocycles. The van der Waals surface area contributed by atoms with Crippen LogP contribution in [0.2, 0.25) is 0 Å². The van der Waals surface area contributed by atoms with Crippen molar-refractivity contribution in [2.24, 2.45) is 11.3 Å². The Hall–Kier alpha value is -0.730. The fourth-order valence-corrected chi connectivity index (χ4v) is 4.09. The second-order valence-corrected chi connectivity index (χ2v) is 7.37. The highest BCUT2D eigenvalue weighted by atomic mass is 16.2. The van der Waals surface area contributed by atoms with Gasteiger partial charge in [-0.3, -0.25) is 0 Å². The largest absolute Gasteiger partial charge is 0.337 e. The molecule has 2 aliphatic rings. The van der Waals surface area contributed by atoms with Crippen molar-refractivity contribution in [2.45, 2.75) is 71.6 Å². The van der Waals surface area contributed by atoms with Crippen LogP contribution in [-0.2, 0) is 0 Å². The van der Waals surface area contributed by atoms with Crippen molar-refractivity contribution in [1.82, 2.24) is 10.2 Å². The molecule has 3 nitrogen and oxygen atoms in total. The van der Waals surface area contributed by atoms with Gasteiger partial charge in [-0.05, 0) is 43.4 Å². The molecule has 2 rings (SSSR count). The van der Waals surface area contributed by atoms with Crippen LogP contribution in [0, 0.1) is 11.3 Å². The van der Waals surface area contributed by atoms with Gasteiger partial charge in [0.15, 0.2) is 0 Å². The molecular formula is C17H32N2O. The van der Waals surface area contributed by atoms with Gasteiger partial charge >= 0.3 is 6.03 Å². The van der Waals surface area contributed by atoms with Gasteiger partial charge in [0.05, 0.1) is 0 Å². The quantitative estimate of drug-likeness (QED) is 0.823. The van der Waals surface area contributed by atoms with Gasteiger partial charge in [0.2, 0.25) is 0 Å². The molecule has 0 aromatic rings. The maximum absolute atomic E-state index is 12.4. The number of nitrogens with one attached hydrogen (secondary N) is 1. The average molecular weight is 280 g/mol.